The van der Waals surface area contributed by atoms with Crippen LogP contribution in [0.5, 0.6) is 0 Å². The number of aryl methyl sites for hydroxylation is 1. The second-order valence-corrected chi connectivity index (χ2v) is 6.33. The van der Waals surface area contributed by atoms with Crippen LogP contribution in [0, 0.1) is 6.92 Å². The number of alkyl halides is 1. The molecule has 0 atom stereocenters. The summed E-state index contributed by atoms with van der Waals surface area (Å²) in [4.78, 5) is 22.8. The Kier molecular flexibility index (Phi) is 3.44. The molecule has 0 unspecified atom stereocenters. The van der Waals surface area contributed by atoms with Crippen LogP contribution < -0.4 is 10.2 Å². The van der Waals surface area contributed by atoms with Crippen LogP contribution in [0.15, 0.2) is 6.20 Å². The molecule has 0 radical (unpaired) electrons. The molecule has 0 aromatic carbocycles. The van der Waals surface area contributed by atoms with E-state index >= 15 is 0 Å². The fourth-order valence-electron chi connectivity index (χ4n) is 3.49. The largest absolute Gasteiger partial charge is 0.353 e. The van der Waals surface area contributed by atoms with Crippen molar-refractivity contribution in [1.29, 1.82) is 0 Å². The molecule has 1 aromatic rings. The van der Waals surface area contributed by atoms with Gasteiger partial charge in [0.25, 0.3) is 0 Å². The van der Waals surface area contributed by atoms with Gasteiger partial charge in [0.15, 0.2) is 0 Å². The van der Waals surface area contributed by atoms with Gasteiger partial charge in [-0.05, 0) is 38.2 Å². The summed E-state index contributed by atoms with van der Waals surface area (Å²) in [5, 5.41) is 3.45. The van der Waals surface area contributed by atoms with Crippen LogP contribution in [0.3, 0.4) is 0 Å². The second-order valence-electron chi connectivity index (χ2n) is 5.77. The molecule has 1 fully saturated rings. The zero-order valence-electron chi connectivity index (χ0n) is 11.8. The lowest BCUT2D eigenvalue weighted by Crippen LogP contribution is -2.48. The summed E-state index contributed by atoms with van der Waals surface area (Å²) < 4.78 is 0. The van der Waals surface area contributed by atoms with E-state index in [2.05, 4.69) is 50.1 Å². The summed E-state index contributed by atoms with van der Waals surface area (Å²) in [5.74, 6) is 0.899. The molecule has 3 rings (SSSR count). The predicted molar refractivity (Wildman–Crippen MR) is 81.0 cm³/mol. The van der Waals surface area contributed by atoms with Crippen molar-refractivity contribution in [1.82, 2.24) is 15.3 Å². The van der Waals surface area contributed by atoms with E-state index in [1.165, 1.54) is 11.3 Å². The molecule has 1 saturated carbocycles. The fraction of sp³-hybridized carbons (Fsp3) is 0.643. The number of aromatic nitrogens is 2. The molecule has 5 nitrogen and oxygen atoms in total. The maximum atomic E-state index is 11.5. The maximum absolute atomic E-state index is 11.5. The summed E-state index contributed by atoms with van der Waals surface area (Å²) in [6, 6.07) is 0.284. The molecule has 108 valence electrons. The van der Waals surface area contributed by atoms with Gasteiger partial charge in [0.2, 0.25) is 11.9 Å². The van der Waals surface area contributed by atoms with Crippen molar-refractivity contribution >= 4 is 27.8 Å². The predicted octanol–water partition coefficient (Wildman–Crippen LogP) is 1.88. The molecule has 1 N–H and O–H groups in total. The number of rotatable bonds is 2. The number of halogens is 1. The van der Waals surface area contributed by atoms with Crippen molar-refractivity contribution in [3.05, 3.63) is 17.5 Å². The Morgan fingerprint density at radius 2 is 2.25 bits per heavy atom. The van der Waals surface area contributed by atoms with Crippen molar-refractivity contribution in [2.45, 2.75) is 44.2 Å². The monoisotopic (exact) mass is 338 g/mol. The highest BCUT2D eigenvalue weighted by Gasteiger charge is 2.47. The number of nitrogens with zero attached hydrogens (tertiary/aromatic N) is 3. The van der Waals surface area contributed by atoms with Crippen molar-refractivity contribution < 1.29 is 4.79 Å². The standard InChI is InChI=1S/C14H19BrN4O/c1-9-8-16-13-18-12(9)14(19(13)2)5-3-10(4-6-14)17-11(20)7-15/h8,10H,3-7H2,1-2H3,(H,17,20)/t10-,14-. The van der Waals surface area contributed by atoms with Gasteiger partial charge in [0.1, 0.15) is 0 Å². The molecule has 2 heterocycles. The highest BCUT2D eigenvalue weighted by molar-refractivity contribution is 9.09. The number of carbonyl (C=O) groups excluding carboxylic acids is 1. The average Bonchev–Trinajstić information content (AvgIpc) is 2.68. The third kappa shape index (κ3) is 2.01. The van der Waals surface area contributed by atoms with E-state index < -0.39 is 0 Å². The van der Waals surface area contributed by atoms with Gasteiger partial charge in [-0.25, -0.2) is 9.97 Å². The minimum absolute atomic E-state index is 0.00839. The molecular weight excluding hydrogens is 320 g/mol. The molecule has 1 aliphatic heterocycles. The van der Waals surface area contributed by atoms with Crippen LogP contribution in [-0.4, -0.2) is 34.3 Å². The quantitative estimate of drug-likeness (QED) is 0.836. The fourth-order valence-corrected chi connectivity index (χ4v) is 3.66. The van der Waals surface area contributed by atoms with E-state index in [-0.39, 0.29) is 17.5 Å². The molecule has 1 spiro atoms. The molecule has 1 aromatic heterocycles. The lowest BCUT2D eigenvalue weighted by atomic mass is 9.76. The van der Waals surface area contributed by atoms with Crippen LogP contribution in [-0.2, 0) is 10.3 Å². The van der Waals surface area contributed by atoms with Gasteiger partial charge < -0.3 is 10.2 Å². The molecule has 2 bridgehead atoms. The molecule has 20 heavy (non-hydrogen) atoms. The summed E-state index contributed by atoms with van der Waals surface area (Å²) in [7, 11) is 2.08. The van der Waals surface area contributed by atoms with Gasteiger partial charge >= 0.3 is 0 Å². The Morgan fingerprint density at radius 3 is 2.90 bits per heavy atom. The summed E-state index contributed by atoms with van der Waals surface area (Å²) in [5.41, 5.74) is 2.34. The zero-order chi connectivity index (χ0) is 14.3. The molecule has 6 heteroatoms. The lowest BCUT2D eigenvalue weighted by Gasteiger charge is -2.42. The first-order valence-electron chi connectivity index (χ1n) is 7.00. The number of amides is 1. The van der Waals surface area contributed by atoms with Crippen molar-refractivity contribution in [2.24, 2.45) is 0 Å². The highest BCUT2D eigenvalue weighted by Crippen LogP contribution is 2.47. The molecular formula is C14H19BrN4O. The van der Waals surface area contributed by atoms with Crippen molar-refractivity contribution in [3.8, 4) is 0 Å². The van der Waals surface area contributed by atoms with Gasteiger partial charge in [-0.2, -0.15) is 0 Å². The van der Waals surface area contributed by atoms with Gasteiger partial charge in [-0.15, -0.1) is 0 Å². The van der Waals surface area contributed by atoms with Crippen LogP contribution >= 0.6 is 15.9 Å². The third-order valence-electron chi connectivity index (χ3n) is 4.64. The number of nitrogens with one attached hydrogen (secondary N) is 1. The van der Waals surface area contributed by atoms with E-state index in [9.17, 15) is 4.79 Å². The minimum Gasteiger partial charge on any atom is -0.353 e. The summed E-state index contributed by atoms with van der Waals surface area (Å²) >= 11 is 3.19. The zero-order valence-corrected chi connectivity index (χ0v) is 13.4. The Balaban J connectivity index is 1.76. The van der Waals surface area contributed by atoms with E-state index in [0.29, 0.717) is 5.33 Å². The molecule has 0 saturated heterocycles. The van der Waals surface area contributed by atoms with E-state index in [4.69, 9.17) is 0 Å². The van der Waals surface area contributed by atoms with Crippen LogP contribution in [0.25, 0.3) is 0 Å². The minimum atomic E-state index is -0.00839. The Labute approximate surface area is 127 Å². The molecule has 1 aliphatic carbocycles. The van der Waals surface area contributed by atoms with Crippen LogP contribution in [0.2, 0.25) is 0 Å². The Bertz CT molecular complexity index is 540. The topological polar surface area (TPSA) is 58.1 Å². The number of hydrogen-bond acceptors (Lipinski definition) is 4. The van der Waals surface area contributed by atoms with Gasteiger partial charge in [0, 0.05) is 19.3 Å². The van der Waals surface area contributed by atoms with E-state index in [1.807, 2.05) is 6.20 Å². The molecule has 2 aliphatic rings. The SMILES string of the molecule is Cc1cnc2nc1[C@]1(CC[C@@H](NC(=O)CBr)CC1)N2C. The average molecular weight is 339 g/mol. The first kappa shape index (κ1) is 13.8. The van der Waals surface area contributed by atoms with E-state index in [0.717, 1.165) is 31.6 Å². The lowest BCUT2D eigenvalue weighted by molar-refractivity contribution is -0.119. The number of hydrogen-bond donors (Lipinski definition) is 1. The van der Waals surface area contributed by atoms with E-state index in [1.54, 1.807) is 0 Å². The first-order chi connectivity index (χ1) is 9.56. The highest BCUT2D eigenvalue weighted by atomic mass is 79.9. The van der Waals surface area contributed by atoms with Gasteiger partial charge in [-0.3, -0.25) is 4.79 Å². The maximum Gasteiger partial charge on any atom is 0.230 e. The number of carbonyl (C=O) groups is 1. The van der Waals surface area contributed by atoms with Gasteiger partial charge in [-0.1, -0.05) is 15.9 Å². The normalized spacial score (nSPS) is 27.9. The first-order valence-corrected chi connectivity index (χ1v) is 8.12. The van der Waals surface area contributed by atoms with Crippen molar-refractivity contribution in [3.63, 3.8) is 0 Å². The van der Waals surface area contributed by atoms with Crippen molar-refractivity contribution in [2.75, 3.05) is 17.3 Å². The number of anilines is 1. The molecule has 1 amide bonds. The summed E-state index contributed by atoms with van der Waals surface area (Å²) in [6.45, 7) is 2.08. The summed E-state index contributed by atoms with van der Waals surface area (Å²) in [6.07, 6.45) is 5.92. The van der Waals surface area contributed by atoms with Crippen LogP contribution in [0.1, 0.15) is 36.9 Å². The smallest absolute Gasteiger partial charge is 0.230 e. The second kappa shape index (κ2) is 4.98. The van der Waals surface area contributed by atoms with Crippen LogP contribution in [0.4, 0.5) is 5.95 Å². The van der Waals surface area contributed by atoms with Gasteiger partial charge in [0.05, 0.1) is 16.6 Å². The number of fused-ring (bicyclic) bond motifs is 3. The Morgan fingerprint density at radius 1 is 1.55 bits per heavy atom. The Hall–Kier alpha value is -1.17. The third-order valence-corrected chi connectivity index (χ3v) is 5.15.